The Morgan fingerprint density at radius 1 is 1.23 bits per heavy atom. The predicted molar refractivity (Wildman–Crippen MR) is 101 cm³/mol. The molecule has 0 radical (unpaired) electrons. The highest BCUT2D eigenvalue weighted by atomic mass is 35.5. The summed E-state index contributed by atoms with van der Waals surface area (Å²) in [5, 5.41) is 0.474. The van der Waals surface area contributed by atoms with Gasteiger partial charge in [-0.1, -0.05) is 11.6 Å². The van der Waals surface area contributed by atoms with Crippen LogP contribution in [0.25, 0.3) is 0 Å². The molecule has 140 valence electrons. The number of carbonyl (C=O) groups excluding carboxylic acids is 1. The van der Waals surface area contributed by atoms with Gasteiger partial charge >= 0.3 is 7.12 Å². The Morgan fingerprint density at radius 3 is 2.46 bits per heavy atom. The molecule has 4 rings (SSSR count). The molecular formula is C19H25BClNO4. The van der Waals surface area contributed by atoms with E-state index in [-0.39, 0.29) is 18.1 Å². The number of rotatable bonds is 1. The molecule has 2 bridgehead atoms. The minimum Gasteiger partial charge on any atom is -0.486 e. The molecule has 5 nitrogen and oxygen atoms in total. The van der Waals surface area contributed by atoms with Gasteiger partial charge in [0.1, 0.15) is 6.10 Å². The Labute approximate surface area is 160 Å². The first-order valence-corrected chi connectivity index (χ1v) is 9.57. The molecule has 3 heterocycles. The summed E-state index contributed by atoms with van der Waals surface area (Å²) < 4.78 is 18.5. The second kappa shape index (κ2) is 5.63. The lowest BCUT2D eigenvalue weighted by Crippen LogP contribution is -2.41. The lowest BCUT2D eigenvalue weighted by Gasteiger charge is -2.32. The summed E-state index contributed by atoms with van der Waals surface area (Å²) in [7, 11) is -0.566. The van der Waals surface area contributed by atoms with Crippen LogP contribution in [0.15, 0.2) is 6.07 Å². The number of fused-ring (bicyclic) bond motifs is 3. The largest absolute Gasteiger partial charge is 0.495 e. The Bertz CT molecular complexity index is 778. The number of amides is 1. The molecule has 1 aromatic carbocycles. The maximum absolute atomic E-state index is 13.1. The van der Waals surface area contributed by atoms with Gasteiger partial charge in [-0.2, -0.15) is 0 Å². The van der Waals surface area contributed by atoms with Gasteiger partial charge in [-0.3, -0.25) is 4.79 Å². The third kappa shape index (κ3) is 2.42. The average molecular weight is 378 g/mol. The van der Waals surface area contributed by atoms with Crippen molar-refractivity contribution in [2.75, 3.05) is 6.54 Å². The number of hydrogen-bond donors (Lipinski definition) is 0. The maximum Gasteiger partial charge on any atom is 0.495 e. The number of ether oxygens (including phenoxy) is 1. The minimum atomic E-state index is -0.566. The van der Waals surface area contributed by atoms with E-state index in [1.165, 1.54) is 0 Å². The lowest BCUT2D eigenvalue weighted by molar-refractivity contribution is 0.00578. The Hall–Kier alpha value is -1.24. The first-order chi connectivity index (χ1) is 12.0. The second-order valence-corrected chi connectivity index (χ2v) is 8.93. The molecular weight excluding hydrogens is 352 g/mol. The van der Waals surface area contributed by atoms with Crippen molar-refractivity contribution in [1.29, 1.82) is 0 Å². The van der Waals surface area contributed by atoms with E-state index in [2.05, 4.69) is 0 Å². The first kappa shape index (κ1) is 18.1. The zero-order chi connectivity index (χ0) is 19.0. The van der Waals surface area contributed by atoms with E-state index in [9.17, 15) is 4.79 Å². The average Bonchev–Trinajstić information content (AvgIpc) is 2.96. The highest BCUT2D eigenvalue weighted by molar-refractivity contribution is 6.63. The third-order valence-corrected chi connectivity index (χ3v) is 6.91. The number of halogens is 1. The molecule has 2 saturated heterocycles. The monoisotopic (exact) mass is 377 g/mol. The molecule has 0 saturated carbocycles. The van der Waals surface area contributed by atoms with Crippen LogP contribution in [0.2, 0.25) is 5.02 Å². The Morgan fingerprint density at radius 2 is 1.85 bits per heavy atom. The van der Waals surface area contributed by atoms with Gasteiger partial charge in [0.05, 0.1) is 27.8 Å². The normalized spacial score (nSPS) is 28.8. The predicted octanol–water partition coefficient (Wildman–Crippen LogP) is 2.94. The fourth-order valence-corrected chi connectivity index (χ4v) is 4.15. The van der Waals surface area contributed by atoms with Gasteiger partial charge < -0.3 is 18.9 Å². The van der Waals surface area contributed by atoms with Gasteiger partial charge in [0.25, 0.3) is 5.91 Å². The SMILES string of the molecule is Cc1c(B2OC(C)(C)C(C)(C)O2)cc2c(c1Cl)O[C@@H]1CCN(C2=O)[C@@H]1C. The highest BCUT2D eigenvalue weighted by Gasteiger charge is 2.53. The molecule has 1 aromatic rings. The van der Waals surface area contributed by atoms with Gasteiger partial charge in [0.15, 0.2) is 5.75 Å². The van der Waals surface area contributed by atoms with Gasteiger partial charge in [-0.05, 0) is 58.6 Å². The van der Waals surface area contributed by atoms with Gasteiger partial charge in [0, 0.05) is 13.0 Å². The van der Waals surface area contributed by atoms with Crippen LogP contribution in [-0.4, -0.2) is 47.8 Å². The summed E-state index contributed by atoms with van der Waals surface area (Å²) in [6.45, 7) is 12.7. The van der Waals surface area contributed by atoms with E-state index >= 15 is 0 Å². The zero-order valence-corrected chi connectivity index (χ0v) is 16.9. The van der Waals surface area contributed by atoms with Crippen LogP contribution < -0.4 is 10.2 Å². The van der Waals surface area contributed by atoms with Crippen molar-refractivity contribution in [3.8, 4) is 5.75 Å². The molecule has 3 aliphatic heterocycles. The van der Waals surface area contributed by atoms with Gasteiger partial charge in [0.2, 0.25) is 0 Å². The summed E-state index contributed by atoms with van der Waals surface area (Å²) >= 11 is 6.65. The number of nitrogens with zero attached hydrogens (tertiary/aromatic N) is 1. The second-order valence-electron chi connectivity index (χ2n) is 8.55. The molecule has 7 heteroatoms. The molecule has 0 aromatic heterocycles. The maximum atomic E-state index is 13.1. The fourth-order valence-electron chi connectivity index (χ4n) is 3.90. The fraction of sp³-hybridized carbons (Fsp3) is 0.632. The lowest BCUT2D eigenvalue weighted by atomic mass is 9.75. The number of benzene rings is 1. The molecule has 1 amide bonds. The summed E-state index contributed by atoms with van der Waals surface area (Å²) in [6, 6.07) is 1.89. The highest BCUT2D eigenvalue weighted by Crippen LogP contribution is 2.41. The van der Waals surface area contributed by atoms with Crippen LogP contribution >= 0.6 is 11.6 Å². The molecule has 0 spiro atoms. The molecule has 2 fully saturated rings. The molecule has 2 atom stereocenters. The number of carbonyl (C=O) groups is 1. The summed E-state index contributed by atoms with van der Waals surface area (Å²) in [5.74, 6) is 0.459. The minimum absolute atomic E-state index is 0.0141. The summed E-state index contributed by atoms with van der Waals surface area (Å²) in [4.78, 5) is 15.0. The van der Waals surface area contributed by atoms with E-state index in [0.29, 0.717) is 22.9 Å². The topological polar surface area (TPSA) is 48.0 Å². The van der Waals surface area contributed by atoms with Crippen LogP contribution in [-0.2, 0) is 9.31 Å². The van der Waals surface area contributed by atoms with Crippen molar-refractivity contribution in [2.24, 2.45) is 0 Å². The van der Waals surface area contributed by atoms with Crippen LogP contribution in [0, 0.1) is 6.92 Å². The van der Waals surface area contributed by atoms with Crippen molar-refractivity contribution >= 4 is 30.1 Å². The van der Waals surface area contributed by atoms with E-state index < -0.39 is 18.3 Å². The molecule has 0 unspecified atom stereocenters. The molecule has 0 N–H and O–H groups in total. The van der Waals surface area contributed by atoms with Crippen LogP contribution in [0.4, 0.5) is 0 Å². The molecule has 0 aliphatic carbocycles. The van der Waals surface area contributed by atoms with Crippen LogP contribution in [0.5, 0.6) is 5.75 Å². The van der Waals surface area contributed by atoms with E-state index in [1.807, 2.05) is 52.5 Å². The zero-order valence-electron chi connectivity index (χ0n) is 16.2. The van der Waals surface area contributed by atoms with Crippen molar-refractivity contribution < 1.29 is 18.8 Å². The van der Waals surface area contributed by atoms with Crippen molar-refractivity contribution in [3.05, 3.63) is 22.2 Å². The van der Waals surface area contributed by atoms with Crippen molar-refractivity contribution in [2.45, 2.75) is 71.3 Å². The summed E-state index contributed by atoms with van der Waals surface area (Å²) in [5.41, 5.74) is 1.20. The van der Waals surface area contributed by atoms with Crippen LogP contribution in [0.1, 0.15) is 57.0 Å². The number of hydrogen-bond acceptors (Lipinski definition) is 4. The Balaban J connectivity index is 1.81. The quantitative estimate of drug-likeness (QED) is 0.706. The first-order valence-electron chi connectivity index (χ1n) is 9.20. The van der Waals surface area contributed by atoms with Gasteiger partial charge in [-0.15, -0.1) is 0 Å². The van der Waals surface area contributed by atoms with Crippen LogP contribution in [0.3, 0.4) is 0 Å². The molecule has 3 aliphatic rings. The third-order valence-electron chi connectivity index (χ3n) is 6.46. The molecule has 26 heavy (non-hydrogen) atoms. The van der Waals surface area contributed by atoms with Crippen molar-refractivity contribution in [3.63, 3.8) is 0 Å². The Kier molecular flexibility index (Phi) is 3.93. The van der Waals surface area contributed by atoms with E-state index in [0.717, 1.165) is 17.4 Å². The van der Waals surface area contributed by atoms with E-state index in [1.54, 1.807) is 0 Å². The van der Waals surface area contributed by atoms with E-state index in [4.69, 9.17) is 25.6 Å². The smallest absolute Gasteiger partial charge is 0.486 e. The summed E-state index contributed by atoms with van der Waals surface area (Å²) in [6.07, 6.45) is 0.820. The van der Waals surface area contributed by atoms with Gasteiger partial charge in [-0.25, -0.2) is 0 Å². The standard InChI is InChI=1S/C19H25BClNO4/c1-10-13(20-25-18(3,4)19(5,6)26-20)9-12-16(15(10)21)24-14-7-8-22(11(14)2)17(12)23/h9,11,14H,7-8H2,1-6H3/t11-,14-/m1/s1. The van der Waals surface area contributed by atoms with Crippen molar-refractivity contribution in [1.82, 2.24) is 4.90 Å².